The van der Waals surface area contributed by atoms with Crippen molar-refractivity contribution >= 4 is 29.2 Å². The first kappa shape index (κ1) is 20.5. The highest BCUT2D eigenvalue weighted by molar-refractivity contribution is 6.36. The van der Waals surface area contributed by atoms with E-state index in [9.17, 15) is 18.7 Å². The van der Waals surface area contributed by atoms with Crippen LogP contribution in [0, 0.1) is 11.6 Å². The smallest absolute Gasteiger partial charge is 0.303 e. The van der Waals surface area contributed by atoms with E-state index < -0.39 is 17.6 Å². The van der Waals surface area contributed by atoms with Crippen LogP contribution in [-0.4, -0.2) is 16.2 Å². The van der Waals surface area contributed by atoms with Crippen LogP contribution in [0.5, 0.6) is 5.75 Å². The van der Waals surface area contributed by atoms with E-state index >= 15 is 0 Å². The molecule has 0 amide bonds. The van der Waals surface area contributed by atoms with Gasteiger partial charge in [0, 0.05) is 23.4 Å². The summed E-state index contributed by atoms with van der Waals surface area (Å²) < 4.78 is 29.2. The molecule has 140 valence electrons. The highest BCUT2D eigenvalue weighted by Gasteiger charge is 2.21. The molecule has 3 nitrogen and oxygen atoms in total. The number of rotatable bonds is 6. The Labute approximate surface area is 160 Å². The van der Waals surface area contributed by atoms with Gasteiger partial charge in [0.15, 0.2) is 0 Å². The lowest BCUT2D eigenvalue weighted by atomic mass is 9.94. The molecular weight excluding hydrogens is 385 g/mol. The molecule has 0 atom stereocenters. The van der Waals surface area contributed by atoms with Crippen LogP contribution in [0.2, 0.25) is 10.0 Å². The number of benzene rings is 2. The summed E-state index contributed by atoms with van der Waals surface area (Å²) in [4.78, 5) is 10.7. The number of carboxylic acid groups (broad SMARTS) is 1. The van der Waals surface area contributed by atoms with Gasteiger partial charge in [0.05, 0.1) is 5.02 Å². The molecule has 0 heterocycles. The van der Waals surface area contributed by atoms with E-state index in [1.807, 2.05) is 0 Å². The SMILES string of the molecule is CC(C)c1c(O)ccc(Cc2c(Cl)cc(CCC(=O)O)c(F)c2Cl)c1F. The van der Waals surface area contributed by atoms with Crippen molar-refractivity contribution in [2.24, 2.45) is 0 Å². The van der Waals surface area contributed by atoms with Gasteiger partial charge in [0.2, 0.25) is 0 Å². The third kappa shape index (κ3) is 4.27. The number of carboxylic acids is 1. The van der Waals surface area contributed by atoms with E-state index in [1.54, 1.807) is 13.8 Å². The Morgan fingerprint density at radius 2 is 1.81 bits per heavy atom. The van der Waals surface area contributed by atoms with Crippen LogP contribution >= 0.6 is 23.2 Å². The number of hydrogen-bond donors (Lipinski definition) is 2. The normalized spacial score (nSPS) is 11.2. The van der Waals surface area contributed by atoms with Crippen LogP contribution < -0.4 is 0 Å². The third-order valence-electron chi connectivity index (χ3n) is 4.12. The van der Waals surface area contributed by atoms with Crippen LogP contribution in [-0.2, 0) is 17.6 Å². The van der Waals surface area contributed by atoms with Crippen LogP contribution in [0.1, 0.15) is 48.4 Å². The maximum Gasteiger partial charge on any atom is 0.303 e. The summed E-state index contributed by atoms with van der Waals surface area (Å²) in [6.07, 6.45) is -0.362. The van der Waals surface area contributed by atoms with Crippen molar-refractivity contribution in [3.8, 4) is 5.75 Å². The second-order valence-electron chi connectivity index (χ2n) is 6.32. The molecule has 0 radical (unpaired) electrons. The number of aliphatic carboxylic acids is 1. The first-order valence-electron chi connectivity index (χ1n) is 8.00. The summed E-state index contributed by atoms with van der Waals surface area (Å²) in [5, 5.41) is 18.5. The predicted octanol–water partition coefficient (Wildman–Crippen LogP) is 5.71. The summed E-state index contributed by atoms with van der Waals surface area (Å²) in [7, 11) is 0. The summed E-state index contributed by atoms with van der Waals surface area (Å²) in [6, 6.07) is 4.11. The van der Waals surface area contributed by atoms with Crippen molar-refractivity contribution < 1.29 is 23.8 Å². The summed E-state index contributed by atoms with van der Waals surface area (Å²) in [5.41, 5.74) is 0.714. The Kier molecular flexibility index (Phi) is 6.48. The Hall–Kier alpha value is -1.85. The Morgan fingerprint density at radius 1 is 1.15 bits per heavy atom. The van der Waals surface area contributed by atoms with E-state index in [0.717, 1.165) is 0 Å². The van der Waals surface area contributed by atoms with Crippen molar-refractivity contribution in [3.05, 3.63) is 62.1 Å². The molecule has 26 heavy (non-hydrogen) atoms. The molecule has 2 aromatic carbocycles. The number of carbonyl (C=O) groups is 1. The number of hydrogen-bond acceptors (Lipinski definition) is 2. The van der Waals surface area contributed by atoms with Crippen LogP contribution in [0.3, 0.4) is 0 Å². The predicted molar refractivity (Wildman–Crippen MR) is 97.3 cm³/mol. The first-order chi connectivity index (χ1) is 12.1. The number of aryl methyl sites for hydroxylation is 1. The third-order valence-corrected chi connectivity index (χ3v) is 4.85. The van der Waals surface area contributed by atoms with Gasteiger partial charge in [-0.1, -0.05) is 43.1 Å². The van der Waals surface area contributed by atoms with Crippen molar-refractivity contribution in [1.29, 1.82) is 0 Å². The van der Waals surface area contributed by atoms with Crippen molar-refractivity contribution in [2.45, 2.75) is 39.0 Å². The van der Waals surface area contributed by atoms with Crippen LogP contribution in [0.25, 0.3) is 0 Å². The maximum atomic E-state index is 14.7. The largest absolute Gasteiger partial charge is 0.508 e. The second kappa shape index (κ2) is 8.23. The lowest BCUT2D eigenvalue weighted by Gasteiger charge is -2.15. The fourth-order valence-electron chi connectivity index (χ4n) is 2.77. The lowest BCUT2D eigenvalue weighted by Crippen LogP contribution is -2.04. The zero-order chi connectivity index (χ0) is 19.6. The molecule has 0 saturated heterocycles. The van der Waals surface area contributed by atoms with E-state index in [0.29, 0.717) is 0 Å². The maximum absolute atomic E-state index is 14.7. The Balaban J connectivity index is 2.44. The molecule has 0 unspecified atom stereocenters. The highest BCUT2D eigenvalue weighted by atomic mass is 35.5. The molecule has 0 aliphatic carbocycles. The molecular formula is C19H18Cl2F2O3. The average molecular weight is 403 g/mol. The van der Waals surface area contributed by atoms with Crippen LogP contribution in [0.4, 0.5) is 8.78 Å². The molecule has 0 fully saturated rings. The van der Waals surface area contributed by atoms with Crippen molar-refractivity contribution in [1.82, 2.24) is 0 Å². The van der Waals surface area contributed by atoms with Crippen molar-refractivity contribution in [2.75, 3.05) is 0 Å². The molecule has 0 bridgehead atoms. The number of phenols is 1. The topological polar surface area (TPSA) is 57.5 Å². The highest BCUT2D eigenvalue weighted by Crippen LogP contribution is 2.35. The minimum Gasteiger partial charge on any atom is -0.508 e. The lowest BCUT2D eigenvalue weighted by molar-refractivity contribution is -0.136. The Bertz CT molecular complexity index is 851. The van der Waals surface area contributed by atoms with Gasteiger partial charge in [-0.3, -0.25) is 4.79 Å². The molecule has 2 N–H and O–H groups in total. The number of aromatic hydroxyl groups is 1. The van der Waals surface area contributed by atoms with E-state index in [-0.39, 0.29) is 63.2 Å². The van der Waals surface area contributed by atoms with E-state index in [1.165, 1.54) is 18.2 Å². The van der Waals surface area contributed by atoms with Crippen LogP contribution in [0.15, 0.2) is 18.2 Å². The zero-order valence-electron chi connectivity index (χ0n) is 14.2. The Morgan fingerprint density at radius 3 is 2.38 bits per heavy atom. The summed E-state index contributed by atoms with van der Waals surface area (Å²) in [5.74, 6) is -2.78. The average Bonchev–Trinajstić information content (AvgIpc) is 2.55. The minimum atomic E-state index is -1.06. The first-order valence-corrected chi connectivity index (χ1v) is 8.76. The molecule has 2 aromatic rings. The van der Waals surface area contributed by atoms with Gasteiger partial charge in [0.25, 0.3) is 0 Å². The van der Waals surface area contributed by atoms with E-state index in [4.69, 9.17) is 28.3 Å². The zero-order valence-corrected chi connectivity index (χ0v) is 15.8. The molecule has 0 aliphatic heterocycles. The van der Waals surface area contributed by atoms with Gasteiger partial charge < -0.3 is 10.2 Å². The van der Waals surface area contributed by atoms with Gasteiger partial charge in [-0.25, -0.2) is 8.78 Å². The van der Waals surface area contributed by atoms with E-state index in [2.05, 4.69) is 0 Å². The monoisotopic (exact) mass is 402 g/mol. The fourth-order valence-corrected chi connectivity index (χ4v) is 3.40. The summed E-state index contributed by atoms with van der Waals surface area (Å²) in [6.45, 7) is 3.50. The van der Waals surface area contributed by atoms with Crippen molar-refractivity contribution in [3.63, 3.8) is 0 Å². The molecule has 0 spiro atoms. The summed E-state index contributed by atoms with van der Waals surface area (Å²) >= 11 is 12.3. The molecule has 7 heteroatoms. The minimum absolute atomic E-state index is 0.0496. The van der Waals surface area contributed by atoms with Gasteiger partial charge >= 0.3 is 5.97 Å². The van der Waals surface area contributed by atoms with Gasteiger partial charge in [-0.05, 0) is 41.2 Å². The van der Waals surface area contributed by atoms with Gasteiger partial charge in [0.1, 0.15) is 17.4 Å². The molecule has 0 aliphatic rings. The molecule has 2 rings (SSSR count). The molecule has 0 saturated carbocycles. The number of phenolic OH excluding ortho intramolecular Hbond substituents is 1. The van der Waals surface area contributed by atoms with Gasteiger partial charge in [-0.15, -0.1) is 0 Å². The number of halogens is 4. The standard InChI is InChI=1S/C19H18Cl2F2O3/c1-9(2)16-14(24)5-3-10(18(16)22)7-12-13(20)8-11(4-6-15(25)26)19(23)17(12)21/h3,5,8-9,24H,4,6-7H2,1-2H3,(H,25,26). The molecule has 0 aromatic heterocycles. The quantitative estimate of drug-likeness (QED) is 0.608. The second-order valence-corrected chi connectivity index (χ2v) is 7.11. The fraction of sp³-hybridized carbons (Fsp3) is 0.316. The van der Waals surface area contributed by atoms with Gasteiger partial charge in [-0.2, -0.15) is 0 Å².